The number of nitrogens with zero attached hydrogens (tertiary/aromatic N) is 2. The molecule has 1 aromatic rings. The van der Waals surface area contributed by atoms with E-state index in [-0.39, 0.29) is 11.9 Å². The maximum absolute atomic E-state index is 12.8. The molecule has 0 bridgehead atoms. The highest BCUT2D eigenvalue weighted by Crippen LogP contribution is 2.18. The number of amides is 1. The van der Waals surface area contributed by atoms with Crippen LogP contribution in [-0.2, 0) is 11.2 Å². The fourth-order valence-corrected chi connectivity index (χ4v) is 3.31. The average Bonchev–Trinajstić information content (AvgIpc) is 2.52. The topological polar surface area (TPSA) is 35.6 Å². The highest BCUT2D eigenvalue weighted by Gasteiger charge is 2.28. The summed E-state index contributed by atoms with van der Waals surface area (Å²) in [7, 11) is 6.09. The van der Waals surface area contributed by atoms with Crippen LogP contribution in [0.2, 0.25) is 0 Å². The second-order valence-electron chi connectivity index (χ2n) is 6.59. The van der Waals surface area contributed by atoms with Crippen LogP contribution in [0.15, 0.2) is 30.3 Å². The molecule has 0 radical (unpaired) electrons. The first-order valence-electron chi connectivity index (χ1n) is 8.25. The largest absolute Gasteiger partial charge is 0.341 e. The van der Waals surface area contributed by atoms with Gasteiger partial charge in [-0.15, -0.1) is 0 Å². The van der Waals surface area contributed by atoms with Crippen LogP contribution in [0.3, 0.4) is 0 Å². The molecule has 4 heteroatoms. The van der Waals surface area contributed by atoms with Crippen LogP contribution in [0.25, 0.3) is 0 Å². The zero-order valence-electron chi connectivity index (χ0n) is 14.1. The van der Waals surface area contributed by atoms with Gasteiger partial charge in [0, 0.05) is 19.6 Å². The third-order valence-corrected chi connectivity index (χ3v) is 4.38. The molecular weight excluding hydrogens is 274 g/mol. The summed E-state index contributed by atoms with van der Waals surface area (Å²) in [5.74, 6) is 0.844. The van der Waals surface area contributed by atoms with Gasteiger partial charge in [-0.25, -0.2) is 0 Å². The zero-order valence-corrected chi connectivity index (χ0v) is 14.1. The van der Waals surface area contributed by atoms with Gasteiger partial charge in [0.15, 0.2) is 0 Å². The molecule has 0 aromatic heterocycles. The third kappa shape index (κ3) is 4.82. The molecule has 1 aliphatic rings. The van der Waals surface area contributed by atoms with Gasteiger partial charge in [-0.2, -0.15) is 0 Å². The Hall–Kier alpha value is -1.39. The van der Waals surface area contributed by atoms with Gasteiger partial charge in [0.1, 0.15) is 0 Å². The van der Waals surface area contributed by atoms with Crippen molar-refractivity contribution in [1.29, 1.82) is 0 Å². The Morgan fingerprint density at radius 1 is 1.36 bits per heavy atom. The Morgan fingerprint density at radius 2 is 2.09 bits per heavy atom. The van der Waals surface area contributed by atoms with Crippen LogP contribution in [0, 0.1) is 5.92 Å². The molecule has 1 N–H and O–H groups in total. The molecular formula is C18H29N3O. The van der Waals surface area contributed by atoms with E-state index in [4.69, 9.17) is 0 Å². The minimum Gasteiger partial charge on any atom is -0.341 e. The lowest BCUT2D eigenvalue weighted by atomic mass is 9.96. The van der Waals surface area contributed by atoms with Gasteiger partial charge < -0.3 is 15.1 Å². The summed E-state index contributed by atoms with van der Waals surface area (Å²) in [5, 5.41) is 3.20. The predicted octanol–water partition coefficient (Wildman–Crippen LogP) is 1.62. The van der Waals surface area contributed by atoms with Crippen LogP contribution in [0.4, 0.5) is 0 Å². The third-order valence-electron chi connectivity index (χ3n) is 4.38. The van der Waals surface area contributed by atoms with Crippen molar-refractivity contribution in [3.8, 4) is 0 Å². The summed E-state index contributed by atoms with van der Waals surface area (Å²) >= 11 is 0. The first-order chi connectivity index (χ1) is 10.6. The quantitative estimate of drug-likeness (QED) is 0.867. The monoisotopic (exact) mass is 303 g/mol. The van der Waals surface area contributed by atoms with Gasteiger partial charge >= 0.3 is 0 Å². The summed E-state index contributed by atoms with van der Waals surface area (Å²) in [6, 6.07) is 10.1. The molecule has 4 nitrogen and oxygen atoms in total. The summed E-state index contributed by atoms with van der Waals surface area (Å²) in [6.07, 6.45) is 3.10. The van der Waals surface area contributed by atoms with Crippen molar-refractivity contribution in [3.63, 3.8) is 0 Å². The molecule has 2 rings (SSSR count). The van der Waals surface area contributed by atoms with E-state index in [1.165, 1.54) is 12.0 Å². The molecule has 1 heterocycles. The van der Waals surface area contributed by atoms with Gasteiger partial charge in [-0.1, -0.05) is 30.3 Å². The predicted molar refractivity (Wildman–Crippen MR) is 90.9 cm³/mol. The number of carbonyl (C=O) groups excluding carboxylic acids is 1. The SMILES string of the molecule is CN[C@H](Cc1ccccc1)C(=O)N1CCC[C@H](CN(C)C)C1. The van der Waals surface area contributed by atoms with Gasteiger partial charge in [0.25, 0.3) is 0 Å². The second kappa shape index (κ2) is 8.30. The van der Waals surface area contributed by atoms with Crippen molar-refractivity contribution in [3.05, 3.63) is 35.9 Å². The van der Waals surface area contributed by atoms with E-state index in [1.54, 1.807) is 0 Å². The van der Waals surface area contributed by atoms with E-state index in [9.17, 15) is 4.79 Å². The Kier molecular flexibility index (Phi) is 6.40. The molecule has 1 aliphatic heterocycles. The number of nitrogens with one attached hydrogen (secondary N) is 1. The summed E-state index contributed by atoms with van der Waals surface area (Å²) in [4.78, 5) is 17.1. The lowest BCUT2D eigenvalue weighted by Gasteiger charge is -2.36. The van der Waals surface area contributed by atoms with E-state index >= 15 is 0 Å². The first-order valence-corrected chi connectivity index (χ1v) is 8.25. The number of hydrogen-bond acceptors (Lipinski definition) is 3. The van der Waals surface area contributed by atoms with Gasteiger partial charge in [0.2, 0.25) is 5.91 Å². The fourth-order valence-electron chi connectivity index (χ4n) is 3.31. The fraction of sp³-hybridized carbons (Fsp3) is 0.611. The van der Waals surface area contributed by atoms with Crippen LogP contribution in [-0.4, -0.2) is 62.5 Å². The molecule has 22 heavy (non-hydrogen) atoms. The summed E-state index contributed by atoms with van der Waals surface area (Å²) in [6.45, 7) is 2.85. The van der Waals surface area contributed by atoms with Crippen molar-refractivity contribution in [1.82, 2.24) is 15.1 Å². The van der Waals surface area contributed by atoms with Gasteiger partial charge in [-0.05, 0) is 51.9 Å². The number of likely N-dealkylation sites (tertiary alicyclic amines) is 1. The minimum atomic E-state index is -0.125. The molecule has 122 valence electrons. The molecule has 1 amide bonds. The van der Waals surface area contributed by atoms with E-state index in [0.717, 1.165) is 32.5 Å². The molecule has 0 saturated carbocycles. The number of likely N-dealkylation sites (N-methyl/N-ethyl adjacent to an activating group) is 1. The van der Waals surface area contributed by atoms with Crippen LogP contribution >= 0.6 is 0 Å². The van der Waals surface area contributed by atoms with Crippen molar-refractivity contribution in [2.45, 2.75) is 25.3 Å². The molecule has 1 aromatic carbocycles. The normalized spacial score (nSPS) is 20.2. The van der Waals surface area contributed by atoms with Crippen molar-refractivity contribution >= 4 is 5.91 Å². The van der Waals surface area contributed by atoms with E-state index in [0.29, 0.717) is 5.92 Å². The molecule has 0 spiro atoms. The zero-order chi connectivity index (χ0) is 15.9. The number of carbonyl (C=O) groups is 1. The maximum atomic E-state index is 12.8. The maximum Gasteiger partial charge on any atom is 0.240 e. The first kappa shape index (κ1) is 17.0. The second-order valence-corrected chi connectivity index (χ2v) is 6.59. The van der Waals surface area contributed by atoms with Gasteiger partial charge in [-0.3, -0.25) is 4.79 Å². The molecule has 0 unspecified atom stereocenters. The number of piperidine rings is 1. The number of benzene rings is 1. The highest BCUT2D eigenvalue weighted by atomic mass is 16.2. The molecule has 2 atom stereocenters. The van der Waals surface area contributed by atoms with E-state index < -0.39 is 0 Å². The molecule has 1 saturated heterocycles. The van der Waals surface area contributed by atoms with Crippen molar-refractivity contribution in [2.75, 3.05) is 40.8 Å². The van der Waals surface area contributed by atoms with Crippen LogP contribution in [0.1, 0.15) is 18.4 Å². The Balaban J connectivity index is 1.95. The standard InChI is InChI=1S/C18H29N3O/c1-19-17(12-15-8-5-4-6-9-15)18(22)21-11-7-10-16(14-21)13-20(2)3/h4-6,8-9,16-17,19H,7,10-14H2,1-3H3/t16-,17-/m1/s1. The number of hydrogen-bond donors (Lipinski definition) is 1. The van der Waals surface area contributed by atoms with E-state index in [2.05, 4.69) is 41.3 Å². The van der Waals surface area contributed by atoms with Crippen molar-refractivity contribution < 1.29 is 4.79 Å². The van der Waals surface area contributed by atoms with Gasteiger partial charge in [0.05, 0.1) is 6.04 Å². The van der Waals surface area contributed by atoms with Crippen LogP contribution in [0.5, 0.6) is 0 Å². The minimum absolute atomic E-state index is 0.125. The van der Waals surface area contributed by atoms with Crippen molar-refractivity contribution in [2.24, 2.45) is 5.92 Å². The molecule has 1 fully saturated rings. The Bertz CT molecular complexity index is 461. The lowest BCUT2D eigenvalue weighted by molar-refractivity contribution is -0.135. The van der Waals surface area contributed by atoms with E-state index in [1.807, 2.05) is 25.2 Å². The smallest absolute Gasteiger partial charge is 0.240 e. The van der Waals surface area contributed by atoms with Crippen LogP contribution < -0.4 is 5.32 Å². The summed E-state index contributed by atoms with van der Waals surface area (Å²) < 4.78 is 0. The number of rotatable bonds is 6. The Morgan fingerprint density at radius 3 is 2.73 bits per heavy atom. The average molecular weight is 303 g/mol. The Labute approximate surface area is 134 Å². The molecule has 0 aliphatic carbocycles. The summed E-state index contributed by atoms with van der Waals surface area (Å²) in [5.41, 5.74) is 1.21. The highest BCUT2D eigenvalue weighted by molar-refractivity contribution is 5.82. The lowest BCUT2D eigenvalue weighted by Crippen LogP contribution is -2.50.